The molecule has 0 aliphatic carbocycles. The first-order valence-electron chi connectivity index (χ1n) is 6.07. The number of nitrogens with zero attached hydrogens (tertiary/aromatic N) is 2. The van der Waals surface area contributed by atoms with Crippen molar-refractivity contribution in [2.45, 2.75) is 12.3 Å². The van der Waals surface area contributed by atoms with Crippen molar-refractivity contribution in [3.05, 3.63) is 0 Å². The van der Waals surface area contributed by atoms with Gasteiger partial charge in [0.05, 0.1) is 0 Å². The van der Waals surface area contributed by atoms with Crippen LogP contribution in [0, 0.1) is 5.92 Å². The van der Waals surface area contributed by atoms with Gasteiger partial charge in [0.15, 0.2) is 0 Å². The van der Waals surface area contributed by atoms with E-state index in [0.717, 1.165) is 26.2 Å². The molecule has 0 spiro atoms. The summed E-state index contributed by atoms with van der Waals surface area (Å²) < 4.78 is 27.2. The van der Waals surface area contributed by atoms with Gasteiger partial charge in [-0.15, -0.1) is 0 Å². The zero-order valence-electron chi connectivity index (χ0n) is 9.88. The van der Waals surface area contributed by atoms with Gasteiger partial charge in [-0.05, 0) is 7.05 Å². The third-order valence-electron chi connectivity index (χ3n) is 3.70. The Balaban J connectivity index is 1.84. The second-order valence-corrected chi connectivity index (χ2v) is 5.02. The van der Waals surface area contributed by atoms with Crippen molar-refractivity contribution in [1.82, 2.24) is 15.1 Å². The van der Waals surface area contributed by atoms with Crippen LogP contribution in [0.3, 0.4) is 0 Å². The SMILES string of the molecule is CN1CCN(CC2CNCCC2(F)F)CC1. The predicted molar refractivity (Wildman–Crippen MR) is 59.9 cm³/mol. The van der Waals surface area contributed by atoms with E-state index in [1.165, 1.54) is 0 Å². The Bertz CT molecular complexity index is 227. The maximum atomic E-state index is 13.6. The Morgan fingerprint density at radius 1 is 1.25 bits per heavy atom. The lowest BCUT2D eigenvalue weighted by molar-refractivity contribution is -0.0893. The normalized spacial score (nSPS) is 32.8. The molecule has 0 aromatic rings. The summed E-state index contributed by atoms with van der Waals surface area (Å²) in [4.78, 5) is 4.42. The Morgan fingerprint density at radius 2 is 1.94 bits per heavy atom. The Kier molecular flexibility index (Phi) is 3.77. The lowest BCUT2D eigenvalue weighted by atomic mass is 9.94. The van der Waals surface area contributed by atoms with Crippen LogP contribution in [0.4, 0.5) is 8.78 Å². The molecule has 0 amide bonds. The second-order valence-electron chi connectivity index (χ2n) is 5.02. The van der Waals surface area contributed by atoms with Gasteiger partial charge in [-0.1, -0.05) is 0 Å². The largest absolute Gasteiger partial charge is 0.316 e. The first-order valence-corrected chi connectivity index (χ1v) is 6.07. The summed E-state index contributed by atoms with van der Waals surface area (Å²) in [5.74, 6) is -2.99. The molecule has 1 unspecified atom stereocenters. The van der Waals surface area contributed by atoms with Gasteiger partial charge < -0.3 is 15.1 Å². The van der Waals surface area contributed by atoms with Crippen molar-refractivity contribution < 1.29 is 8.78 Å². The van der Waals surface area contributed by atoms with Crippen LogP contribution in [0.1, 0.15) is 6.42 Å². The molecule has 1 atom stereocenters. The Morgan fingerprint density at radius 3 is 2.56 bits per heavy atom. The van der Waals surface area contributed by atoms with Gasteiger partial charge in [0.2, 0.25) is 0 Å². The van der Waals surface area contributed by atoms with E-state index in [2.05, 4.69) is 22.2 Å². The van der Waals surface area contributed by atoms with Gasteiger partial charge in [0.25, 0.3) is 5.92 Å². The molecule has 0 aromatic heterocycles. The zero-order valence-corrected chi connectivity index (χ0v) is 9.88. The lowest BCUT2D eigenvalue weighted by Gasteiger charge is -2.38. The van der Waals surface area contributed by atoms with Crippen LogP contribution in [0.15, 0.2) is 0 Å². The van der Waals surface area contributed by atoms with E-state index >= 15 is 0 Å². The van der Waals surface area contributed by atoms with Crippen molar-refractivity contribution in [1.29, 1.82) is 0 Å². The summed E-state index contributed by atoms with van der Waals surface area (Å²) in [6.07, 6.45) is -0.00852. The van der Waals surface area contributed by atoms with E-state index < -0.39 is 11.8 Å². The molecule has 0 aromatic carbocycles. The van der Waals surface area contributed by atoms with E-state index in [1.807, 2.05) is 0 Å². The molecule has 2 aliphatic rings. The number of piperazine rings is 1. The maximum absolute atomic E-state index is 13.6. The number of halogens is 2. The molecule has 2 fully saturated rings. The first kappa shape index (κ1) is 12.2. The summed E-state index contributed by atoms with van der Waals surface area (Å²) in [5, 5.41) is 3.07. The topological polar surface area (TPSA) is 18.5 Å². The first-order chi connectivity index (χ1) is 7.58. The average molecular weight is 233 g/mol. The minimum absolute atomic E-state index is 0.00852. The number of hydrogen-bond donors (Lipinski definition) is 1. The fourth-order valence-electron chi connectivity index (χ4n) is 2.43. The molecule has 2 saturated heterocycles. The summed E-state index contributed by atoms with van der Waals surface area (Å²) >= 11 is 0. The highest BCUT2D eigenvalue weighted by atomic mass is 19.3. The van der Waals surface area contributed by atoms with E-state index in [1.54, 1.807) is 0 Å². The third-order valence-corrected chi connectivity index (χ3v) is 3.70. The van der Waals surface area contributed by atoms with E-state index in [-0.39, 0.29) is 6.42 Å². The van der Waals surface area contributed by atoms with Crippen LogP contribution in [-0.4, -0.2) is 68.6 Å². The molecule has 16 heavy (non-hydrogen) atoms. The van der Waals surface area contributed by atoms with Crippen LogP contribution < -0.4 is 5.32 Å². The van der Waals surface area contributed by atoms with E-state index in [0.29, 0.717) is 19.6 Å². The summed E-state index contributed by atoms with van der Waals surface area (Å²) in [6.45, 7) is 5.27. The molecular weight excluding hydrogens is 212 g/mol. The van der Waals surface area contributed by atoms with Crippen molar-refractivity contribution in [3.63, 3.8) is 0 Å². The van der Waals surface area contributed by atoms with Crippen molar-refractivity contribution >= 4 is 0 Å². The molecule has 3 nitrogen and oxygen atoms in total. The molecule has 0 bridgehead atoms. The fraction of sp³-hybridized carbons (Fsp3) is 1.00. The van der Waals surface area contributed by atoms with Crippen molar-refractivity contribution in [3.8, 4) is 0 Å². The number of likely N-dealkylation sites (N-methyl/N-ethyl adjacent to an activating group) is 1. The summed E-state index contributed by atoms with van der Waals surface area (Å²) in [6, 6.07) is 0. The highest BCUT2D eigenvalue weighted by molar-refractivity contribution is 4.87. The number of nitrogens with one attached hydrogen (secondary N) is 1. The van der Waals surface area contributed by atoms with E-state index in [4.69, 9.17) is 0 Å². The predicted octanol–water partition coefficient (Wildman–Crippen LogP) is 0.479. The minimum atomic E-state index is -2.48. The monoisotopic (exact) mass is 233 g/mol. The molecule has 5 heteroatoms. The lowest BCUT2D eigenvalue weighted by Crippen LogP contribution is -2.53. The van der Waals surface area contributed by atoms with Gasteiger partial charge in [0, 0.05) is 58.2 Å². The molecule has 0 radical (unpaired) electrons. The van der Waals surface area contributed by atoms with Gasteiger partial charge in [0.1, 0.15) is 0 Å². The molecule has 0 saturated carbocycles. The number of alkyl halides is 2. The van der Waals surface area contributed by atoms with Crippen LogP contribution in [0.5, 0.6) is 0 Å². The average Bonchev–Trinajstić information content (AvgIpc) is 2.24. The minimum Gasteiger partial charge on any atom is -0.316 e. The van der Waals surface area contributed by atoms with Gasteiger partial charge >= 0.3 is 0 Å². The van der Waals surface area contributed by atoms with Crippen LogP contribution >= 0.6 is 0 Å². The van der Waals surface area contributed by atoms with Gasteiger partial charge in [-0.2, -0.15) is 0 Å². The highest BCUT2D eigenvalue weighted by Gasteiger charge is 2.42. The number of hydrogen-bond acceptors (Lipinski definition) is 3. The standard InChI is InChI=1S/C11H21F2N3/c1-15-4-6-16(7-5-15)9-10-8-14-3-2-11(10,12)13/h10,14H,2-9H2,1H3. The Labute approximate surface area is 95.8 Å². The van der Waals surface area contributed by atoms with E-state index in [9.17, 15) is 8.78 Å². The molecule has 1 N–H and O–H groups in total. The third kappa shape index (κ3) is 2.90. The fourth-order valence-corrected chi connectivity index (χ4v) is 2.43. The van der Waals surface area contributed by atoms with Crippen LogP contribution in [-0.2, 0) is 0 Å². The molecule has 94 valence electrons. The molecule has 2 rings (SSSR count). The zero-order chi connectivity index (χ0) is 11.6. The smallest absolute Gasteiger partial charge is 0.254 e. The van der Waals surface area contributed by atoms with Crippen LogP contribution in [0.25, 0.3) is 0 Å². The van der Waals surface area contributed by atoms with Crippen molar-refractivity contribution in [2.75, 3.05) is 52.9 Å². The summed E-state index contributed by atoms with van der Waals surface area (Å²) in [5.41, 5.74) is 0. The Hall–Kier alpha value is -0.260. The quantitative estimate of drug-likeness (QED) is 0.748. The van der Waals surface area contributed by atoms with Crippen molar-refractivity contribution in [2.24, 2.45) is 5.92 Å². The number of rotatable bonds is 2. The maximum Gasteiger partial charge on any atom is 0.254 e. The molecule has 2 heterocycles. The second kappa shape index (κ2) is 4.94. The number of piperidine rings is 1. The van der Waals surface area contributed by atoms with Gasteiger partial charge in [-0.25, -0.2) is 8.78 Å². The molecule has 2 aliphatic heterocycles. The molecular formula is C11H21F2N3. The van der Waals surface area contributed by atoms with Crippen LogP contribution in [0.2, 0.25) is 0 Å². The van der Waals surface area contributed by atoms with Gasteiger partial charge in [-0.3, -0.25) is 0 Å². The highest BCUT2D eigenvalue weighted by Crippen LogP contribution is 2.31. The summed E-state index contributed by atoms with van der Waals surface area (Å²) in [7, 11) is 2.08.